The van der Waals surface area contributed by atoms with Crippen LogP contribution in [0, 0.1) is 6.92 Å². The van der Waals surface area contributed by atoms with Crippen LogP contribution in [0.5, 0.6) is 5.75 Å². The Bertz CT molecular complexity index is 323. The fraction of sp³-hybridized carbons (Fsp3) is 0.600. The first kappa shape index (κ1) is 14.4. The number of rotatable bonds is 8. The van der Waals surface area contributed by atoms with E-state index in [0.29, 0.717) is 5.88 Å². The molecule has 1 aromatic carbocycles. The molecule has 0 aliphatic rings. The van der Waals surface area contributed by atoms with Crippen LogP contribution in [0.4, 0.5) is 0 Å². The number of hydrogen-bond acceptors (Lipinski definition) is 1. The largest absolute Gasteiger partial charge is 0.493 e. The second-order valence-corrected chi connectivity index (χ2v) is 4.73. The van der Waals surface area contributed by atoms with Gasteiger partial charge in [0, 0.05) is 5.56 Å². The number of hydrogen-bond donors (Lipinski definition) is 0. The molecule has 1 nitrogen and oxygen atoms in total. The first-order valence-electron chi connectivity index (χ1n) is 6.56. The summed E-state index contributed by atoms with van der Waals surface area (Å²) in [4.78, 5) is 0. The van der Waals surface area contributed by atoms with Crippen LogP contribution in [0.25, 0.3) is 0 Å². The third-order valence-electron chi connectivity index (χ3n) is 2.93. The second-order valence-electron chi connectivity index (χ2n) is 4.46. The van der Waals surface area contributed by atoms with Crippen LogP contribution < -0.4 is 4.74 Å². The van der Waals surface area contributed by atoms with Gasteiger partial charge in [-0.25, -0.2) is 0 Å². The molecule has 0 heterocycles. The van der Waals surface area contributed by atoms with Crippen molar-refractivity contribution in [3.05, 3.63) is 29.3 Å². The molecule has 0 bridgehead atoms. The van der Waals surface area contributed by atoms with Crippen molar-refractivity contribution in [2.24, 2.45) is 0 Å². The Morgan fingerprint density at radius 1 is 1.12 bits per heavy atom. The van der Waals surface area contributed by atoms with Crippen molar-refractivity contribution in [1.29, 1.82) is 0 Å². The molecule has 0 radical (unpaired) electrons. The Kier molecular flexibility index (Phi) is 7.11. The molecule has 17 heavy (non-hydrogen) atoms. The quantitative estimate of drug-likeness (QED) is 0.464. The SMILES string of the molecule is CCCCCCCOc1c(C)cccc1CCl. The van der Waals surface area contributed by atoms with Crippen LogP contribution >= 0.6 is 11.6 Å². The van der Waals surface area contributed by atoms with Crippen LogP contribution in [-0.4, -0.2) is 6.61 Å². The van der Waals surface area contributed by atoms with Crippen LogP contribution in [0.3, 0.4) is 0 Å². The van der Waals surface area contributed by atoms with E-state index in [0.717, 1.165) is 24.3 Å². The van der Waals surface area contributed by atoms with Gasteiger partial charge in [0.05, 0.1) is 12.5 Å². The number of ether oxygens (including phenoxy) is 1. The molecule has 1 aromatic rings. The van der Waals surface area contributed by atoms with Crippen LogP contribution in [-0.2, 0) is 5.88 Å². The number of unbranched alkanes of at least 4 members (excludes halogenated alkanes) is 4. The average Bonchev–Trinajstić information content (AvgIpc) is 2.35. The molecule has 0 unspecified atom stereocenters. The maximum absolute atomic E-state index is 5.91. The Hall–Kier alpha value is -0.690. The van der Waals surface area contributed by atoms with E-state index in [1.54, 1.807) is 0 Å². The highest BCUT2D eigenvalue weighted by Gasteiger charge is 2.05. The van der Waals surface area contributed by atoms with Crippen LogP contribution in [0.1, 0.15) is 50.2 Å². The summed E-state index contributed by atoms with van der Waals surface area (Å²) in [6, 6.07) is 6.13. The Morgan fingerprint density at radius 2 is 1.88 bits per heavy atom. The average molecular weight is 255 g/mol. The summed E-state index contributed by atoms with van der Waals surface area (Å²) in [6.45, 7) is 5.11. The Labute approximate surface area is 110 Å². The molecular formula is C15H23ClO. The summed E-state index contributed by atoms with van der Waals surface area (Å²) in [7, 11) is 0. The van der Waals surface area contributed by atoms with Crippen molar-refractivity contribution in [3.8, 4) is 5.75 Å². The summed E-state index contributed by atoms with van der Waals surface area (Å²) >= 11 is 5.91. The molecule has 0 aliphatic carbocycles. The van der Waals surface area contributed by atoms with E-state index >= 15 is 0 Å². The molecule has 0 atom stereocenters. The summed E-state index contributed by atoms with van der Waals surface area (Å²) in [6.07, 6.45) is 6.33. The molecule has 0 saturated carbocycles. The lowest BCUT2D eigenvalue weighted by Crippen LogP contribution is -2.01. The Balaban J connectivity index is 2.35. The number of halogens is 1. The van der Waals surface area contributed by atoms with E-state index < -0.39 is 0 Å². The Morgan fingerprint density at radius 3 is 2.59 bits per heavy atom. The molecule has 1 rings (SSSR count). The highest BCUT2D eigenvalue weighted by Crippen LogP contribution is 2.25. The lowest BCUT2D eigenvalue weighted by atomic mass is 10.1. The summed E-state index contributed by atoms with van der Waals surface area (Å²) in [5, 5.41) is 0. The van der Waals surface area contributed by atoms with E-state index in [-0.39, 0.29) is 0 Å². The molecule has 0 fully saturated rings. The molecular weight excluding hydrogens is 232 g/mol. The number of alkyl halides is 1. The topological polar surface area (TPSA) is 9.23 Å². The number of para-hydroxylation sites is 1. The van der Waals surface area contributed by atoms with Crippen molar-refractivity contribution in [1.82, 2.24) is 0 Å². The van der Waals surface area contributed by atoms with Crippen molar-refractivity contribution in [2.75, 3.05) is 6.61 Å². The van der Waals surface area contributed by atoms with E-state index in [4.69, 9.17) is 16.3 Å². The molecule has 0 aromatic heterocycles. The van der Waals surface area contributed by atoms with Crippen molar-refractivity contribution < 1.29 is 4.74 Å². The van der Waals surface area contributed by atoms with Gasteiger partial charge in [-0.2, -0.15) is 0 Å². The van der Waals surface area contributed by atoms with E-state index in [1.165, 1.54) is 31.2 Å². The molecule has 0 aliphatic heterocycles. The van der Waals surface area contributed by atoms with E-state index in [2.05, 4.69) is 19.9 Å². The highest BCUT2D eigenvalue weighted by atomic mass is 35.5. The predicted octanol–water partition coefficient (Wildman–Crippen LogP) is 5.08. The lowest BCUT2D eigenvalue weighted by Gasteiger charge is -2.12. The van der Waals surface area contributed by atoms with Gasteiger partial charge in [0.1, 0.15) is 5.75 Å². The fourth-order valence-electron chi connectivity index (χ4n) is 1.90. The van der Waals surface area contributed by atoms with E-state index in [1.807, 2.05) is 12.1 Å². The van der Waals surface area contributed by atoms with Gasteiger partial charge >= 0.3 is 0 Å². The zero-order valence-electron chi connectivity index (χ0n) is 11.0. The minimum Gasteiger partial charge on any atom is -0.493 e. The van der Waals surface area contributed by atoms with Crippen LogP contribution in [0.15, 0.2) is 18.2 Å². The van der Waals surface area contributed by atoms with Crippen molar-refractivity contribution >= 4 is 11.6 Å². The number of benzene rings is 1. The van der Waals surface area contributed by atoms with Gasteiger partial charge in [-0.3, -0.25) is 0 Å². The molecule has 2 heteroatoms. The molecule has 0 spiro atoms. The highest BCUT2D eigenvalue weighted by molar-refractivity contribution is 6.17. The molecule has 0 N–H and O–H groups in total. The molecule has 96 valence electrons. The van der Waals surface area contributed by atoms with Crippen molar-refractivity contribution in [3.63, 3.8) is 0 Å². The fourth-order valence-corrected chi connectivity index (χ4v) is 2.12. The standard InChI is InChI=1S/C15H23ClO/c1-3-4-5-6-7-11-17-15-13(2)9-8-10-14(15)12-16/h8-10H,3-7,11-12H2,1-2H3. The summed E-state index contributed by atoms with van der Waals surface area (Å²) in [5.41, 5.74) is 2.27. The van der Waals surface area contributed by atoms with Gasteiger partial charge in [-0.15, -0.1) is 11.6 Å². The minimum absolute atomic E-state index is 0.521. The van der Waals surface area contributed by atoms with Gasteiger partial charge in [0.15, 0.2) is 0 Å². The van der Waals surface area contributed by atoms with Gasteiger partial charge in [-0.1, -0.05) is 50.8 Å². The zero-order chi connectivity index (χ0) is 12.5. The maximum atomic E-state index is 5.91. The monoisotopic (exact) mass is 254 g/mol. The second kappa shape index (κ2) is 8.41. The normalized spacial score (nSPS) is 10.5. The summed E-state index contributed by atoms with van der Waals surface area (Å²) in [5.74, 6) is 1.50. The summed E-state index contributed by atoms with van der Waals surface area (Å²) < 4.78 is 5.85. The molecule has 0 amide bonds. The first-order valence-corrected chi connectivity index (χ1v) is 7.10. The van der Waals surface area contributed by atoms with E-state index in [9.17, 15) is 0 Å². The van der Waals surface area contributed by atoms with Crippen molar-refractivity contribution in [2.45, 2.75) is 51.8 Å². The number of aryl methyl sites for hydroxylation is 1. The third kappa shape index (κ3) is 4.99. The first-order chi connectivity index (χ1) is 8.29. The predicted molar refractivity (Wildman–Crippen MR) is 75.0 cm³/mol. The van der Waals surface area contributed by atoms with Gasteiger partial charge < -0.3 is 4.74 Å². The van der Waals surface area contributed by atoms with Gasteiger partial charge in [-0.05, 0) is 18.9 Å². The van der Waals surface area contributed by atoms with Gasteiger partial charge in [0.2, 0.25) is 0 Å². The smallest absolute Gasteiger partial charge is 0.126 e. The zero-order valence-corrected chi connectivity index (χ0v) is 11.7. The van der Waals surface area contributed by atoms with Crippen LogP contribution in [0.2, 0.25) is 0 Å². The van der Waals surface area contributed by atoms with Gasteiger partial charge in [0.25, 0.3) is 0 Å². The lowest BCUT2D eigenvalue weighted by molar-refractivity contribution is 0.300. The third-order valence-corrected chi connectivity index (χ3v) is 3.22. The molecule has 0 saturated heterocycles. The maximum Gasteiger partial charge on any atom is 0.126 e. The minimum atomic E-state index is 0.521.